The number of aliphatic hydroxyl groups excluding tert-OH is 1. The number of aliphatic hydroxyl groups is 1. The third-order valence-corrected chi connectivity index (χ3v) is 4.25. The molecular weight excluding hydrogens is 337 g/mol. The lowest BCUT2D eigenvalue weighted by molar-refractivity contribution is 0.102. The van der Waals surface area contributed by atoms with Crippen LogP contribution in [-0.4, -0.2) is 26.5 Å². The van der Waals surface area contributed by atoms with Gasteiger partial charge in [0.05, 0.1) is 6.61 Å². The summed E-state index contributed by atoms with van der Waals surface area (Å²) in [6, 6.07) is 7.73. The Morgan fingerprint density at radius 1 is 1.25 bits per heavy atom. The molecule has 9 heteroatoms. The van der Waals surface area contributed by atoms with Crippen LogP contribution in [0.25, 0.3) is 0 Å². The molecule has 0 saturated heterocycles. The van der Waals surface area contributed by atoms with Crippen molar-refractivity contribution in [2.45, 2.75) is 11.5 Å². The summed E-state index contributed by atoms with van der Waals surface area (Å²) in [5, 5.41) is 19.4. The van der Waals surface area contributed by atoms with E-state index in [1.807, 2.05) is 0 Å². The van der Waals surface area contributed by atoms with Gasteiger partial charge in [0.1, 0.15) is 10.7 Å². The van der Waals surface area contributed by atoms with Crippen molar-refractivity contribution in [1.82, 2.24) is 0 Å². The lowest BCUT2D eigenvalue weighted by atomic mass is 10.1. The molecule has 2 aromatic carbocycles. The standard InChI is InChI=1S/C15H16FN3O4S/c1-18-13-6-9(2-3-10(13)8-20)15(21)19-11-4-5-14(12(16)7-11)24(17,22)23/h2-7,18,20H,8H2,1H3,(H,19,21)(H2,17,22,23). The topological polar surface area (TPSA) is 122 Å². The van der Waals surface area contributed by atoms with E-state index in [9.17, 15) is 22.7 Å². The van der Waals surface area contributed by atoms with Gasteiger partial charge in [-0.25, -0.2) is 17.9 Å². The fourth-order valence-corrected chi connectivity index (χ4v) is 2.69. The van der Waals surface area contributed by atoms with Crippen LogP contribution in [0.4, 0.5) is 15.8 Å². The molecule has 0 saturated carbocycles. The van der Waals surface area contributed by atoms with Crippen molar-refractivity contribution in [3.05, 3.63) is 53.3 Å². The second-order valence-corrected chi connectivity index (χ2v) is 6.45. The molecule has 0 aromatic heterocycles. The van der Waals surface area contributed by atoms with Crippen LogP contribution in [-0.2, 0) is 16.6 Å². The molecular formula is C15H16FN3O4S. The van der Waals surface area contributed by atoms with Crippen LogP contribution in [0.3, 0.4) is 0 Å². The number of hydrogen-bond donors (Lipinski definition) is 4. The Labute approximate surface area is 138 Å². The fourth-order valence-electron chi connectivity index (χ4n) is 2.10. The molecule has 2 aromatic rings. The average molecular weight is 353 g/mol. The Balaban J connectivity index is 2.25. The number of amides is 1. The van der Waals surface area contributed by atoms with Gasteiger partial charge < -0.3 is 15.7 Å². The molecule has 5 N–H and O–H groups in total. The highest BCUT2D eigenvalue weighted by Crippen LogP contribution is 2.21. The molecule has 2 rings (SSSR count). The number of rotatable bonds is 5. The van der Waals surface area contributed by atoms with Crippen LogP contribution < -0.4 is 15.8 Å². The predicted molar refractivity (Wildman–Crippen MR) is 87.6 cm³/mol. The number of nitrogens with one attached hydrogen (secondary N) is 2. The van der Waals surface area contributed by atoms with Gasteiger partial charge in [-0.1, -0.05) is 6.07 Å². The van der Waals surface area contributed by atoms with E-state index in [1.54, 1.807) is 13.1 Å². The molecule has 0 bridgehead atoms. The quantitative estimate of drug-likeness (QED) is 0.645. The van der Waals surface area contributed by atoms with Crippen molar-refractivity contribution in [3.63, 3.8) is 0 Å². The van der Waals surface area contributed by atoms with Crippen molar-refractivity contribution >= 4 is 27.3 Å². The largest absolute Gasteiger partial charge is 0.392 e. The highest BCUT2D eigenvalue weighted by atomic mass is 32.2. The zero-order valence-corrected chi connectivity index (χ0v) is 13.5. The van der Waals surface area contributed by atoms with Gasteiger partial charge in [-0.3, -0.25) is 4.79 Å². The average Bonchev–Trinajstić information content (AvgIpc) is 2.52. The van der Waals surface area contributed by atoms with Crippen LogP contribution in [0, 0.1) is 5.82 Å². The number of nitrogens with two attached hydrogens (primary N) is 1. The third kappa shape index (κ3) is 3.88. The number of primary sulfonamides is 1. The Morgan fingerprint density at radius 3 is 2.50 bits per heavy atom. The molecule has 1 amide bonds. The zero-order chi connectivity index (χ0) is 17.9. The molecule has 0 aliphatic carbocycles. The lowest BCUT2D eigenvalue weighted by Crippen LogP contribution is -2.16. The molecule has 0 atom stereocenters. The number of benzene rings is 2. The van der Waals surface area contributed by atoms with Crippen LogP contribution >= 0.6 is 0 Å². The number of carbonyl (C=O) groups is 1. The summed E-state index contributed by atoms with van der Waals surface area (Å²) in [5.74, 6) is -1.57. The molecule has 0 heterocycles. The first-order chi connectivity index (χ1) is 11.3. The Kier molecular flexibility index (Phi) is 5.17. The van der Waals surface area contributed by atoms with Crippen LogP contribution in [0.15, 0.2) is 41.3 Å². The summed E-state index contributed by atoms with van der Waals surface area (Å²) < 4.78 is 36.1. The molecule has 7 nitrogen and oxygen atoms in total. The van der Waals surface area contributed by atoms with E-state index in [0.717, 1.165) is 12.1 Å². The van der Waals surface area contributed by atoms with Crippen LogP contribution in [0.2, 0.25) is 0 Å². The van der Waals surface area contributed by atoms with E-state index in [-0.39, 0.29) is 17.9 Å². The summed E-state index contributed by atoms with van der Waals surface area (Å²) >= 11 is 0. The van der Waals surface area contributed by atoms with Crippen molar-refractivity contribution in [1.29, 1.82) is 0 Å². The summed E-state index contributed by atoms with van der Waals surface area (Å²) in [6.45, 7) is -0.182. The van der Waals surface area contributed by atoms with Gasteiger partial charge in [-0.15, -0.1) is 0 Å². The SMILES string of the molecule is CNc1cc(C(=O)Nc2ccc(S(N)(=O)=O)c(F)c2)ccc1CO. The molecule has 0 aliphatic heterocycles. The Bertz CT molecular complexity index is 884. The molecule has 0 unspecified atom stereocenters. The predicted octanol–water partition coefficient (Wildman–Crippen LogP) is 1.26. The van der Waals surface area contributed by atoms with Gasteiger partial charge in [0, 0.05) is 29.5 Å². The van der Waals surface area contributed by atoms with E-state index in [4.69, 9.17) is 5.14 Å². The second-order valence-electron chi connectivity index (χ2n) is 4.92. The maximum Gasteiger partial charge on any atom is 0.255 e. The normalized spacial score (nSPS) is 11.2. The monoisotopic (exact) mass is 353 g/mol. The smallest absolute Gasteiger partial charge is 0.255 e. The molecule has 0 fully saturated rings. The van der Waals surface area contributed by atoms with Crippen molar-refractivity contribution in [2.24, 2.45) is 5.14 Å². The van der Waals surface area contributed by atoms with E-state index < -0.39 is 26.6 Å². The van der Waals surface area contributed by atoms with E-state index in [1.165, 1.54) is 18.2 Å². The molecule has 24 heavy (non-hydrogen) atoms. The minimum Gasteiger partial charge on any atom is -0.392 e. The number of halogens is 1. The molecule has 0 aliphatic rings. The first-order valence-corrected chi connectivity index (χ1v) is 8.36. The minimum absolute atomic E-state index is 0.0853. The summed E-state index contributed by atoms with van der Waals surface area (Å²) in [4.78, 5) is 11.6. The van der Waals surface area contributed by atoms with Gasteiger partial charge in [0.15, 0.2) is 0 Å². The summed E-state index contributed by atoms with van der Waals surface area (Å²) in [5.41, 5.74) is 1.58. The first-order valence-electron chi connectivity index (χ1n) is 6.81. The van der Waals surface area contributed by atoms with E-state index >= 15 is 0 Å². The van der Waals surface area contributed by atoms with Gasteiger partial charge >= 0.3 is 0 Å². The number of carbonyl (C=O) groups excluding carboxylic acids is 1. The maximum atomic E-state index is 13.8. The van der Waals surface area contributed by atoms with Gasteiger partial charge in [-0.2, -0.15) is 0 Å². The highest BCUT2D eigenvalue weighted by molar-refractivity contribution is 7.89. The Morgan fingerprint density at radius 2 is 1.96 bits per heavy atom. The van der Waals surface area contributed by atoms with Crippen LogP contribution in [0.5, 0.6) is 0 Å². The van der Waals surface area contributed by atoms with Crippen molar-refractivity contribution in [3.8, 4) is 0 Å². The first kappa shape index (κ1) is 17.9. The van der Waals surface area contributed by atoms with E-state index in [2.05, 4.69) is 10.6 Å². The van der Waals surface area contributed by atoms with Gasteiger partial charge in [0.25, 0.3) is 5.91 Å². The fraction of sp³-hybridized carbons (Fsp3) is 0.133. The zero-order valence-electron chi connectivity index (χ0n) is 12.7. The summed E-state index contributed by atoms with van der Waals surface area (Å²) in [6.07, 6.45) is 0. The molecule has 0 radical (unpaired) electrons. The van der Waals surface area contributed by atoms with Crippen LogP contribution in [0.1, 0.15) is 15.9 Å². The number of anilines is 2. The third-order valence-electron chi connectivity index (χ3n) is 3.31. The lowest BCUT2D eigenvalue weighted by Gasteiger charge is -2.11. The van der Waals surface area contributed by atoms with Crippen molar-refractivity contribution in [2.75, 3.05) is 17.7 Å². The molecule has 0 spiro atoms. The molecule has 128 valence electrons. The summed E-state index contributed by atoms with van der Waals surface area (Å²) in [7, 11) is -2.52. The van der Waals surface area contributed by atoms with Gasteiger partial charge in [0.2, 0.25) is 10.0 Å². The maximum absolute atomic E-state index is 13.8. The van der Waals surface area contributed by atoms with Crippen molar-refractivity contribution < 1.29 is 22.7 Å². The van der Waals surface area contributed by atoms with Gasteiger partial charge in [-0.05, 0) is 30.3 Å². The van der Waals surface area contributed by atoms with E-state index in [0.29, 0.717) is 11.3 Å². The number of sulfonamides is 1. The highest BCUT2D eigenvalue weighted by Gasteiger charge is 2.16. The number of hydrogen-bond acceptors (Lipinski definition) is 5. The second kappa shape index (κ2) is 6.95. The Hall–Kier alpha value is -2.49. The minimum atomic E-state index is -4.17.